The topological polar surface area (TPSA) is 96.7 Å². The Morgan fingerprint density at radius 2 is 1.62 bits per heavy atom. The van der Waals surface area contributed by atoms with Crippen LogP contribution in [0.4, 0.5) is 26.3 Å². The van der Waals surface area contributed by atoms with Crippen LogP contribution in [-0.4, -0.2) is 42.9 Å². The Balaban J connectivity index is 2.16. The third-order valence-corrected chi connectivity index (χ3v) is 6.29. The van der Waals surface area contributed by atoms with Crippen LogP contribution < -0.4 is 8.92 Å². The molecule has 1 heterocycles. The van der Waals surface area contributed by atoms with E-state index in [0.717, 1.165) is 22.9 Å². The van der Waals surface area contributed by atoms with Gasteiger partial charge < -0.3 is 13.7 Å². The van der Waals surface area contributed by atoms with E-state index in [-0.39, 0.29) is 35.8 Å². The molecule has 0 fully saturated rings. The zero-order chi connectivity index (χ0) is 29.2. The Morgan fingerprint density at radius 1 is 0.974 bits per heavy atom. The lowest BCUT2D eigenvalue weighted by molar-refractivity contribution is -0.137. The number of nitrogens with zero attached hydrogens (tertiary/aromatic N) is 2. The summed E-state index contributed by atoms with van der Waals surface area (Å²) in [6, 6.07) is 7.82. The molecule has 0 saturated carbocycles. The van der Waals surface area contributed by atoms with E-state index in [2.05, 4.69) is 9.28 Å². The van der Waals surface area contributed by atoms with Gasteiger partial charge in [-0.2, -0.15) is 39.9 Å². The maximum absolute atomic E-state index is 13.4. The van der Waals surface area contributed by atoms with Gasteiger partial charge in [-0.3, -0.25) is 0 Å². The first kappa shape index (κ1) is 29.8. The highest BCUT2D eigenvalue weighted by molar-refractivity contribution is 7.87. The van der Waals surface area contributed by atoms with Crippen LogP contribution in [-0.2, 0) is 21.0 Å². The molecule has 1 aromatic heterocycles. The quantitative estimate of drug-likeness (QED) is 0.133. The lowest BCUT2D eigenvalue weighted by Gasteiger charge is -2.17. The van der Waals surface area contributed by atoms with Gasteiger partial charge in [-0.15, -0.1) is 0 Å². The van der Waals surface area contributed by atoms with Crippen LogP contribution in [0, 0.1) is 0 Å². The fraction of sp³-hybridized carbons (Fsp3) is 0.333. The Kier molecular flexibility index (Phi) is 8.53. The smallest absolute Gasteiger partial charge is 0.493 e. The highest BCUT2D eigenvalue weighted by Gasteiger charge is 2.49. The third kappa shape index (κ3) is 6.64. The van der Waals surface area contributed by atoms with E-state index in [9.17, 15) is 39.6 Å². The number of alkyl halides is 6. The van der Waals surface area contributed by atoms with Gasteiger partial charge in [0.25, 0.3) is 0 Å². The van der Waals surface area contributed by atoms with Crippen molar-refractivity contribution in [1.82, 2.24) is 9.78 Å². The minimum absolute atomic E-state index is 0.0358. The second-order valence-corrected chi connectivity index (χ2v) is 9.49. The van der Waals surface area contributed by atoms with E-state index >= 15 is 0 Å². The Hall–Kier alpha value is -3.75. The van der Waals surface area contributed by atoms with Crippen molar-refractivity contribution in [2.75, 3.05) is 13.2 Å². The number of ether oxygens (including phenoxy) is 2. The van der Waals surface area contributed by atoms with E-state index in [1.54, 1.807) is 13.8 Å². The monoisotopic (exact) mass is 580 g/mol. The van der Waals surface area contributed by atoms with Gasteiger partial charge in [-0.1, -0.05) is 12.1 Å². The number of halogens is 6. The van der Waals surface area contributed by atoms with Gasteiger partial charge in [0.05, 0.1) is 30.4 Å². The molecule has 3 rings (SSSR count). The number of benzene rings is 2. The minimum atomic E-state index is -6.17. The van der Waals surface area contributed by atoms with Crippen molar-refractivity contribution in [3.05, 3.63) is 65.2 Å². The lowest BCUT2D eigenvalue weighted by atomic mass is 10.1. The first-order chi connectivity index (χ1) is 18.1. The van der Waals surface area contributed by atoms with E-state index in [4.69, 9.17) is 9.47 Å². The lowest BCUT2D eigenvalue weighted by Crippen LogP contribution is -2.29. The van der Waals surface area contributed by atoms with E-state index in [1.807, 2.05) is 0 Å². The molecule has 39 heavy (non-hydrogen) atoms. The molecule has 0 bridgehead atoms. The molecule has 212 valence electrons. The standard InChI is InChI=1S/C24H22F6N2O6S/c1-4-36-20-11-10-17(23(25,26)27)12-18(20)19-13-21(38-39(34,35)24(28,29)30)32(31-19)14(3)15-6-8-16(9-7-15)22(33)37-5-2/h6-14H,4-5H2,1-3H3. The average molecular weight is 581 g/mol. The van der Waals surface area contributed by atoms with Gasteiger partial charge in [0.1, 0.15) is 11.4 Å². The normalized spacial score (nSPS) is 13.2. The average Bonchev–Trinajstić information content (AvgIpc) is 3.25. The van der Waals surface area contributed by atoms with Crippen LogP contribution in [0.5, 0.6) is 11.6 Å². The Bertz CT molecular complexity index is 1430. The highest BCUT2D eigenvalue weighted by Crippen LogP contribution is 2.39. The molecule has 15 heteroatoms. The molecule has 3 aromatic rings. The third-order valence-electron chi connectivity index (χ3n) is 5.33. The van der Waals surface area contributed by atoms with Crippen LogP contribution in [0.15, 0.2) is 48.5 Å². The Labute approximate surface area is 219 Å². The molecule has 0 saturated heterocycles. The van der Waals surface area contributed by atoms with Crippen molar-refractivity contribution in [2.45, 2.75) is 38.5 Å². The zero-order valence-corrected chi connectivity index (χ0v) is 21.4. The van der Waals surface area contributed by atoms with Crippen LogP contribution >= 0.6 is 0 Å². The molecule has 1 atom stereocenters. The molecule has 0 amide bonds. The summed E-state index contributed by atoms with van der Waals surface area (Å²) in [7, 11) is -6.17. The summed E-state index contributed by atoms with van der Waals surface area (Å²) in [6.07, 6.45) is -4.77. The summed E-state index contributed by atoms with van der Waals surface area (Å²) < 4.78 is 118. The van der Waals surface area contributed by atoms with Gasteiger partial charge in [0.2, 0.25) is 5.88 Å². The molecular weight excluding hydrogens is 558 g/mol. The summed E-state index contributed by atoms with van der Waals surface area (Å²) in [5, 5.41) is 4.10. The second-order valence-electron chi connectivity index (χ2n) is 7.96. The predicted molar refractivity (Wildman–Crippen MR) is 126 cm³/mol. The number of rotatable bonds is 9. The number of hydrogen-bond acceptors (Lipinski definition) is 7. The van der Waals surface area contributed by atoms with E-state index < -0.39 is 45.3 Å². The zero-order valence-electron chi connectivity index (χ0n) is 20.6. The van der Waals surface area contributed by atoms with Crippen molar-refractivity contribution in [2.24, 2.45) is 0 Å². The SMILES string of the molecule is CCOC(=O)c1ccc(C(C)n2nc(-c3cc(C(F)(F)F)ccc3OCC)cc2OS(=O)(=O)C(F)(F)F)cc1. The fourth-order valence-electron chi connectivity index (χ4n) is 3.45. The first-order valence-corrected chi connectivity index (χ1v) is 12.7. The van der Waals surface area contributed by atoms with Crippen LogP contribution in [0.1, 0.15) is 48.3 Å². The highest BCUT2D eigenvalue weighted by atomic mass is 32.2. The largest absolute Gasteiger partial charge is 0.534 e. The molecule has 0 radical (unpaired) electrons. The number of carbonyl (C=O) groups excluding carboxylic acids is 1. The molecule has 0 aliphatic carbocycles. The molecule has 0 N–H and O–H groups in total. The van der Waals surface area contributed by atoms with E-state index in [0.29, 0.717) is 11.6 Å². The van der Waals surface area contributed by atoms with Crippen molar-refractivity contribution >= 4 is 16.1 Å². The van der Waals surface area contributed by atoms with Crippen LogP contribution in [0.25, 0.3) is 11.3 Å². The molecular formula is C24H22F6N2O6S. The van der Waals surface area contributed by atoms with Gasteiger partial charge in [0, 0.05) is 11.6 Å². The maximum atomic E-state index is 13.4. The van der Waals surface area contributed by atoms with Crippen LogP contribution in [0.3, 0.4) is 0 Å². The number of esters is 1. The minimum Gasteiger partial charge on any atom is -0.493 e. The summed E-state index contributed by atoms with van der Waals surface area (Å²) in [4.78, 5) is 11.9. The number of hydrogen-bond donors (Lipinski definition) is 0. The van der Waals surface area contributed by atoms with Gasteiger partial charge >= 0.3 is 27.8 Å². The molecule has 1 unspecified atom stereocenters. The molecule has 2 aromatic carbocycles. The van der Waals surface area contributed by atoms with Crippen molar-refractivity contribution < 1.29 is 53.2 Å². The number of carbonyl (C=O) groups is 1. The summed E-state index contributed by atoms with van der Waals surface area (Å²) in [5.74, 6) is -1.61. The van der Waals surface area contributed by atoms with Gasteiger partial charge in [-0.25, -0.2) is 9.48 Å². The number of aromatic nitrogens is 2. The summed E-state index contributed by atoms with van der Waals surface area (Å²) >= 11 is 0. The molecule has 0 aliphatic rings. The molecule has 8 nitrogen and oxygen atoms in total. The Morgan fingerprint density at radius 3 is 2.15 bits per heavy atom. The predicted octanol–water partition coefficient (Wildman–Crippen LogP) is 5.98. The first-order valence-electron chi connectivity index (χ1n) is 11.3. The second kappa shape index (κ2) is 11.2. The molecule has 0 spiro atoms. The summed E-state index contributed by atoms with van der Waals surface area (Å²) in [5.41, 5.74) is -6.96. The van der Waals surface area contributed by atoms with Gasteiger partial charge in [0.15, 0.2) is 0 Å². The van der Waals surface area contributed by atoms with Gasteiger partial charge in [-0.05, 0) is 56.7 Å². The maximum Gasteiger partial charge on any atom is 0.534 e. The summed E-state index contributed by atoms with van der Waals surface area (Å²) in [6.45, 7) is 4.77. The van der Waals surface area contributed by atoms with Crippen molar-refractivity contribution in [1.29, 1.82) is 0 Å². The van der Waals surface area contributed by atoms with E-state index in [1.165, 1.54) is 31.2 Å². The van der Waals surface area contributed by atoms with Crippen molar-refractivity contribution in [3.8, 4) is 22.9 Å². The fourth-order valence-corrected chi connectivity index (χ4v) is 3.89. The van der Waals surface area contributed by atoms with Crippen molar-refractivity contribution in [3.63, 3.8) is 0 Å². The van der Waals surface area contributed by atoms with Crippen LogP contribution in [0.2, 0.25) is 0 Å². The molecule has 0 aliphatic heterocycles.